The van der Waals surface area contributed by atoms with Crippen LogP contribution in [-0.4, -0.2) is 29.3 Å². The Bertz CT molecular complexity index is 257. The number of carbonyl (C=O) groups excluding carboxylic acids is 1. The highest BCUT2D eigenvalue weighted by Gasteiger charge is 2.23. The van der Waals surface area contributed by atoms with Gasteiger partial charge in [-0.15, -0.1) is 0 Å². The third kappa shape index (κ3) is 6.28. The Hall–Kier alpha value is -0.770. The second kappa shape index (κ2) is 8.41. The monoisotopic (exact) mass is 270 g/mol. The van der Waals surface area contributed by atoms with E-state index in [-0.39, 0.29) is 6.03 Å². The predicted octanol–water partition coefficient (Wildman–Crippen LogP) is 2.95. The zero-order valence-corrected chi connectivity index (χ0v) is 12.5. The van der Waals surface area contributed by atoms with Crippen LogP contribution in [0.15, 0.2) is 0 Å². The summed E-state index contributed by atoms with van der Waals surface area (Å²) in [4.78, 5) is 11.9. The van der Waals surface area contributed by atoms with Gasteiger partial charge in [-0.2, -0.15) is 0 Å². The summed E-state index contributed by atoms with van der Waals surface area (Å²) in [6, 6.07) is 0.169. The van der Waals surface area contributed by atoms with E-state index in [9.17, 15) is 9.90 Å². The van der Waals surface area contributed by atoms with Gasteiger partial charge >= 0.3 is 6.03 Å². The van der Waals surface area contributed by atoms with E-state index >= 15 is 0 Å². The number of hydrogen-bond acceptors (Lipinski definition) is 2. The summed E-state index contributed by atoms with van der Waals surface area (Å²) in [5, 5.41) is 16.0. The lowest BCUT2D eigenvalue weighted by molar-refractivity contribution is 0.0348. The molecule has 0 bridgehead atoms. The molecule has 0 unspecified atom stereocenters. The lowest BCUT2D eigenvalue weighted by atomic mass is 9.96. The van der Waals surface area contributed by atoms with Crippen molar-refractivity contribution in [3.63, 3.8) is 0 Å². The summed E-state index contributed by atoms with van der Waals surface area (Å²) in [5.41, 5.74) is -0.766. The van der Waals surface area contributed by atoms with E-state index in [0.717, 1.165) is 12.8 Å². The van der Waals surface area contributed by atoms with Gasteiger partial charge in [0.25, 0.3) is 0 Å². The van der Waals surface area contributed by atoms with Crippen LogP contribution >= 0.6 is 0 Å². The Kier molecular flexibility index (Phi) is 7.21. The van der Waals surface area contributed by atoms with Crippen LogP contribution in [-0.2, 0) is 0 Å². The topological polar surface area (TPSA) is 61.4 Å². The van der Waals surface area contributed by atoms with Crippen LogP contribution in [0.3, 0.4) is 0 Å². The Morgan fingerprint density at radius 1 is 1.11 bits per heavy atom. The zero-order valence-electron chi connectivity index (χ0n) is 12.5. The molecule has 0 aromatic rings. The minimum Gasteiger partial charge on any atom is -0.388 e. The van der Waals surface area contributed by atoms with E-state index in [1.807, 2.05) is 13.8 Å². The van der Waals surface area contributed by atoms with Crippen LogP contribution in [0.2, 0.25) is 0 Å². The molecule has 112 valence electrons. The van der Waals surface area contributed by atoms with Crippen molar-refractivity contribution >= 4 is 6.03 Å². The minimum absolute atomic E-state index is 0.133. The molecule has 0 aromatic heterocycles. The van der Waals surface area contributed by atoms with Crippen molar-refractivity contribution < 1.29 is 9.90 Å². The second-order valence-corrected chi connectivity index (χ2v) is 5.80. The first-order valence-corrected chi connectivity index (χ1v) is 7.86. The van der Waals surface area contributed by atoms with E-state index in [2.05, 4.69) is 10.6 Å². The van der Waals surface area contributed by atoms with Crippen molar-refractivity contribution in [2.75, 3.05) is 6.54 Å². The lowest BCUT2D eigenvalue weighted by Gasteiger charge is -2.27. The Morgan fingerprint density at radius 3 is 2.16 bits per heavy atom. The van der Waals surface area contributed by atoms with Gasteiger partial charge in [-0.1, -0.05) is 46.0 Å². The molecule has 4 heteroatoms. The average molecular weight is 270 g/mol. The molecule has 19 heavy (non-hydrogen) atoms. The van der Waals surface area contributed by atoms with Gasteiger partial charge in [0.05, 0.1) is 5.60 Å². The number of urea groups is 1. The highest BCUT2D eigenvalue weighted by atomic mass is 16.3. The molecule has 4 nitrogen and oxygen atoms in total. The van der Waals surface area contributed by atoms with Gasteiger partial charge in [0.2, 0.25) is 0 Å². The molecule has 0 saturated heterocycles. The molecule has 0 heterocycles. The van der Waals surface area contributed by atoms with Crippen LogP contribution < -0.4 is 10.6 Å². The van der Waals surface area contributed by atoms with E-state index in [0.29, 0.717) is 25.4 Å². The van der Waals surface area contributed by atoms with E-state index in [1.165, 1.54) is 32.1 Å². The van der Waals surface area contributed by atoms with Crippen LogP contribution in [0.4, 0.5) is 4.79 Å². The number of rotatable bonds is 5. The summed E-state index contributed by atoms with van der Waals surface area (Å²) in [6.45, 7) is 4.22. The molecule has 1 aliphatic rings. The smallest absolute Gasteiger partial charge is 0.315 e. The van der Waals surface area contributed by atoms with Gasteiger partial charge in [0.15, 0.2) is 0 Å². The average Bonchev–Trinajstić information content (AvgIpc) is 2.39. The van der Waals surface area contributed by atoms with E-state index < -0.39 is 5.60 Å². The largest absolute Gasteiger partial charge is 0.388 e. The maximum Gasteiger partial charge on any atom is 0.315 e. The quantitative estimate of drug-likeness (QED) is 0.719. The molecule has 0 aromatic carbocycles. The fourth-order valence-corrected chi connectivity index (χ4v) is 2.58. The fraction of sp³-hybridized carbons (Fsp3) is 0.933. The van der Waals surface area contributed by atoms with Crippen LogP contribution in [0, 0.1) is 0 Å². The molecule has 1 saturated carbocycles. The van der Waals surface area contributed by atoms with Gasteiger partial charge in [0.1, 0.15) is 0 Å². The van der Waals surface area contributed by atoms with Gasteiger partial charge < -0.3 is 15.7 Å². The molecule has 3 N–H and O–H groups in total. The first kappa shape index (κ1) is 16.3. The number of aliphatic hydroxyl groups is 1. The van der Waals surface area contributed by atoms with Crippen molar-refractivity contribution in [1.82, 2.24) is 10.6 Å². The lowest BCUT2D eigenvalue weighted by Crippen LogP contribution is -2.48. The number of carbonyl (C=O) groups is 1. The molecule has 1 aliphatic carbocycles. The minimum atomic E-state index is -0.766. The SMILES string of the molecule is CCC(O)(CC)CNC(=O)NC1CCCCCCC1. The maximum absolute atomic E-state index is 11.9. The molecule has 1 rings (SSSR count). The van der Waals surface area contributed by atoms with Crippen molar-refractivity contribution in [2.24, 2.45) is 0 Å². The number of amides is 2. The van der Waals surface area contributed by atoms with E-state index in [1.54, 1.807) is 0 Å². The normalized spacial score (nSPS) is 18.5. The van der Waals surface area contributed by atoms with Crippen LogP contribution in [0.1, 0.15) is 71.6 Å². The molecule has 1 fully saturated rings. The fourth-order valence-electron chi connectivity index (χ4n) is 2.58. The molecular weight excluding hydrogens is 240 g/mol. The summed E-state index contributed by atoms with van der Waals surface area (Å²) in [6.07, 6.45) is 9.80. The standard InChI is InChI=1S/C15H30N2O2/c1-3-15(19,4-2)12-16-14(18)17-13-10-8-6-5-7-9-11-13/h13,19H,3-12H2,1-2H3,(H2,16,17,18). The summed E-state index contributed by atoms with van der Waals surface area (Å²) >= 11 is 0. The molecule has 0 spiro atoms. The first-order valence-electron chi connectivity index (χ1n) is 7.86. The predicted molar refractivity (Wildman–Crippen MR) is 78.2 cm³/mol. The molecule has 0 atom stereocenters. The zero-order chi connectivity index (χ0) is 14.1. The molecule has 0 radical (unpaired) electrons. The number of nitrogens with one attached hydrogen (secondary N) is 2. The Morgan fingerprint density at radius 2 is 1.63 bits per heavy atom. The summed E-state index contributed by atoms with van der Waals surface area (Å²) < 4.78 is 0. The van der Waals surface area contributed by atoms with Crippen LogP contribution in [0.5, 0.6) is 0 Å². The highest BCUT2D eigenvalue weighted by Crippen LogP contribution is 2.17. The van der Waals surface area contributed by atoms with Crippen molar-refractivity contribution in [2.45, 2.75) is 83.3 Å². The van der Waals surface area contributed by atoms with Gasteiger partial charge in [-0.05, 0) is 25.7 Å². The summed E-state index contributed by atoms with van der Waals surface area (Å²) in [5.74, 6) is 0. The maximum atomic E-state index is 11.9. The van der Waals surface area contributed by atoms with E-state index in [4.69, 9.17) is 0 Å². The van der Waals surface area contributed by atoms with Gasteiger partial charge in [-0.3, -0.25) is 0 Å². The van der Waals surface area contributed by atoms with Gasteiger partial charge in [-0.25, -0.2) is 4.79 Å². The summed E-state index contributed by atoms with van der Waals surface area (Å²) in [7, 11) is 0. The van der Waals surface area contributed by atoms with Crippen LogP contribution in [0.25, 0.3) is 0 Å². The van der Waals surface area contributed by atoms with Crippen molar-refractivity contribution in [3.05, 3.63) is 0 Å². The van der Waals surface area contributed by atoms with Crippen molar-refractivity contribution in [1.29, 1.82) is 0 Å². The highest BCUT2D eigenvalue weighted by molar-refractivity contribution is 5.74. The Labute approximate surface area is 117 Å². The molecule has 0 aliphatic heterocycles. The second-order valence-electron chi connectivity index (χ2n) is 5.80. The third-order valence-electron chi connectivity index (χ3n) is 4.33. The Balaban J connectivity index is 2.29. The molecule has 2 amide bonds. The molecular formula is C15H30N2O2. The van der Waals surface area contributed by atoms with Gasteiger partial charge in [0, 0.05) is 12.6 Å². The third-order valence-corrected chi connectivity index (χ3v) is 4.33. The first-order chi connectivity index (χ1) is 9.09. The number of hydrogen-bond donors (Lipinski definition) is 3. The van der Waals surface area contributed by atoms with Crippen molar-refractivity contribution in [3.8, 4) is 0 Å².